The molecule has 2 aliphatic rings. The number of benzene rings is 1. The van der Waals surface area contributed by atoms with Gasteiger partial charge in [-0.1, -0.05) is 37.1 Å². The number of nitrogens with zero attached hydrogens (tertiary/aromatic N) is 3. The lowest BCUT2D eigenvalue weighted by molar-refractivity contribution is 0.309. The molecule has 0 bridgehead atoms. The van der Waals surface area contributed by atoms with Crippen molar-refractivity contribution in [1.82, 2.24) is 15.1 Å². The van der Waals surface area contributed by atoms with Crippen LogP contribution in [0.1, 0.15) is 50.2 Å². The molecule has 1 saturated heterocycles. The van der Waals surface area contributed by atoms with Gasteiger partial charge < -0.3 is 15.1 Å². The Balaban J connectivity index is 0.00000243. The van der Waals surface area contributed by atoms with Crippen molar-refractivity contribution in [3.8, 4) is 0 Å². The van der Waals surface area contributed by atoms with Crippen molar-refractivity contribution in [2.24, 2.45) is 10.4 Å². The molecule has 1 heterocycles. The SMILES string of the molecule is CCNC(=NCc1cccc(CN(C)C)c1)N1CCC2(CCCC2)C1.I. The molecule has 2 fully saturated rings. The number of aliphatic imine (C=N–C) groups is 1. The molecular formula is C21H35IN4. The Morgan fingerprint density at radius 2 is 1.92 bits per heavy atom. The second kappa shape index (κ2) is 9.93. The first-order valence-corrected chi connectivity index (χ1v) is 9.86. The monoisotopic (exact) mass is 470 g/mol. The normalized spacial score (nSPS) is 19.2. The van der Waals surface area contributed by atoms with Crippen LogP contribution in [0.25, 0.3) is 0 Å². The van der Waals surface area contributed by atoms with Crippen LogP contribution in [0.2, 0.25) is 0 Å². The van der Waals surface area contributed by atoms with Gasteiger partial charge >= 0.3 is 0 Å². The Bertz CT molecular complexity index is 593. The molecule has 0 radical (unpaired) electrons. The molecule has 1 spiro atoms. The van der Waals surface area contributed by atoms with E-state index in [2.05, 4.69) is 60.4 Å². The molecule has 1 aliphatic heterocycles. The lowest BCUT2D eigenvalue weighted by Crippen LogP contribution is -2.41. The Morgan fingerprint density at radius 3 is 2.62 bits per heavy atom. The number of halogens is 1. The van der Waals surface area contributed by atoms with E-state index in [1.807, 2.05) is 0 Å². The van der Waals surface area contributed by atoms with Gasteiger partial charge in [0.2, 0.25) is 0 Å². The lowest BCUT2D eigenvalue weighted by Gasteiger charge is -2.26. The molecule has 0 unspecified atom stereocenters. The second-order valence-corrected chi connectivity index (χ2v) is 8.11. The number of likely N-dealkylation sites (tertiary alicyclic amines) is 1. The van der Waals surface area contributed by atoms with Crippen LogP contribution >= 0.6 is 24.0 Å². The average Bonchev–Trinajstić information content (AvgIpc) is 3.21. The average molecular weight is 470 g/mol. The van der Waals surface area contributed by atoms with Crippen LogP contribution in [0.5, 0.6) is 0 Å². The van der Waals surface area contributed by atoms with E-state index in [0.717, 1.165) is 32.1 Å². The molecular weight excluding hydrogens is 435 g/mol. The molecule has 26 heavy (non-hydrogen) atoms. The van der Waals surface area contributed by atoms with Gasteiger partial charge in [-0.3, -0.25) is 0 Å². The zero-order valence-electron chi connectivity index (χ0n) is 16.6. The topological polar surface area (TPSA) is 30.9 Å². The Labute approximate surface area is 176 Å². The number of hydrogen-bond donors (Lipinski definition) is 1. The summed E-state index contributed by atoms with van der Waals surface area (Å²) in [6, 6.07) is 8.83. The summed E-state index contributed by atoms with van der Waals surface area (Å²) in [5.74, 6) is 1.10. The Morgan fingerprint density at radius 1 is 1.19 bits per heavy atom. The summed E-state index contributed by atoms with van der Waals surface area (Å²) < 4.78 is 0. The van der Waals surface area contributed by atoms with E-state index in [1.165, 1.54) is 49.8 Å². The van der Waals surface area contributed by atoms with Crippen molar-refractivity contribution < 1.29 is 0 Å². The van der Waals surface area contributed by atoms with E-state index in [0.29, 0.717) is 5.41 Å². The van der Waals surface area contributed by atoms with Gasteiger partial charge in [-0.2, -0.15) is 0 Å². The molecule has 1 aromatic carbocycles. The third-order valence-corrected chi connectivity index (χ3v) is 5.64. The van der Waals surface area contributed by atoms with Crippen molar-refractivity contribution in [3.05, 3.63) is 35.4 Å². The van der Waals surface area contributed by atoms with Gasteiger partial charge in [0.25, 0.3) is 0 Å². The molecule has 1 saturated carbocycles. The molecule has 0 amide bonds. The van der Waals surface area contributed by atoms with Crippen LogP contribution in [0.3, 0.4) is 0 Å². The molecule has 4 nitrogen and oxygen atoms in total. The van der Waals surface area contributed by atoms with Crippen LogP contribution in [0, 0.1) is 5.41 Å². The number of nitrogens with one attached hydrogen (secondary N) is 1. The zero-order chi connectivity index (χ0) is 17.7. The van der Waals surface area contributed by atoms with E-state index in [9.17, 15) is 0 Å². The summed E-state index contributed by atoms with van der Waals surface area (Å²) in [6.45, 7) is 7.18. The molecule has 5 heteroatoms. The maximum atomic E-state index is 4.96. The highest BCUT2D eigenvalue weighted by Gasteiger charge is 2.41. The predicted molar refractivity (Wildman–Crippen MR) is 121 cm³/mol. The van der Waals surface area contributed by atoms with E-state index >= 15 is 0 Å². The van der Waals surface area contributed by atoms with Gasteiger partial charge in [0, 0.05) is 26.2 Å². The predicted octanol–water partition coefficient (Wildman–Crippen LogP) is 4.10. The maximum Gasteiger partial charge on any atom is 0.194 e. The molecule has 1 aliphatic carbocycles. The summed E-state index contributed by atoms with van der Waals surface area (Å²) in [5.41, 5.74) is 3.24. The number of guanidine groups is 1. The third-order valence-electron chi connectivity index (χ3n) is 5.64. The number of hydrogen-bond acceptors (Lipinski definition) is 2. The third kappa shape index (κ3) is 5.59. The van der Waals surface area contributed by atoms with E-state index in [4.69, 9.17) is 4.99 Å². The molecule has 1 N–H and O–H groups in total. The van der Waals surface area contributed by atoms with Crippen LogP contribution < -0.4 is 5.32 Å². The highest BCUT2D eigenvalue weighted by molar-refractivity contribution is 14.0. The van der Waals surface area contributed by atoms with Gasteiger partial charge in [0.1, 0.15) is 0 Å². The van der Waals surface area contributed by atoms with E-state index in [1.54, 1.807) is 0 Å². The minimum atomic E-state index is 0. The van der Waals surface area contributed by atoms with E-state index < -0.39 is 0 Å². The molecule has 146 valence electrons. The zero-order valence-corrected chi connectivity index (χ0v) is 19.0. The van der Waals surface area contributed by atoms with Crippen molar-refractivity contribution in [3.63, 3.8) is 0 Å². The van der Waals surface area contributed by atoms with Gasteiger partial charge in [-0.25, -0.2) is 4.99 Å². The van der Waals surface area contributed by atoms with Gasteiger partial charge in [-0.15, -0.1) is 24.0 Å². The lowest BCUT2D eigenvalue weighted by atomic mass is 9.86. The van der Waals surface area contributed by atoms with Crippen molar-refractivity contribution in [1.29, 1.82) is 0 Å². The fourth-order valence-corrected chi connectivity index (χ4v) is 4.43. The first-order valence-electron chi connectivity index (χ1n) is 9.86. The van der Waals surface area contributed by atoms with Crippen molar-refractivity contribution in [2.75, 3.05) is 33.7 Å². The van der Waals surface area contributed by atoms with Gasteiger partial charge in [-0.05, 0) is 56.8 Å². The first kappa shape index (κ1) is 21.5. The summed E-state index contributed by atoms with van der Waals surface area (Å²) >= 11 is 0. The molecule has 3 rings (SSSR count). The maximum absolute atomic E-state index is 4.96. The standard InChI is InChI=1S/C21H34N4.HI/c1-4-22-20(25-13-12-21(17-25)10-5-6-11-21)23-15-18-8-7-9-19(14-18)16-24(2)3;/h7-9,14H,4-6,10-13,15-17H2,1-3H3,(H,22,23);1H. The fraction of sp³-hybridized carbons (Fsp3) is 0.667. The van der Waals surface area contributed by atoms with Crippen LogP contribution in [0.15, 0.2) is 29.3 Å². The first-order chi connectivity index (χ1) is 12.1. The number of rotatable bonds is 5. The van der Waals surface area contributed by atoms with Crippen LogP contribution in [0.4, 0.5) is 0 Å². The summed E-state index contributed by atoms with van der Waals surface area (Å²) in [5, 5.41) is 3.52. The minimum absolute atomic E-state index is 0. The smallest absolute Gasteiger partial charge is 0.194 e. The second-order valence-electron chi connectivity index (χ2n) is 8.11. The summed E-state index contributed by atoms with van der Waals surface area (Å²) in [7, 11) is 4.22. The molecule has 1 aromatic rings. The minimum Gasteiger partial charge on any atom is -0.357 e. The highest BCUT2D eigenvalue weighted by atomic mass is 127. The van der Waals surface area contributed by atoms with Gasteiger partial charge in [0.05, 0.1) is 6.54 Å². The van der Waals surface area contributed by atoms with Crippen LogP contribution in [-0.2, 0) is 13.1 Å². The largest absolute Gasteiger partial charge is 0.357 e. The van der Waals surface area contributed by atoms with Crippen molar-refractivity contribution in [2.45, 2.75) is 52.1 Å². The summed E-state index contributed by atoms with van der Waals surface area (Å²) in [6.07, 6.45) is 7.00. The van der Waals surface area contributed by atoms with Crippen LogP contribution in [-0.4, -0.2) is 49.5 Å². The molecule has 0 aromatic heterocycles. The fourth-order valence-electron chi connectivity index (χ4n) is 4.43. The highest BCUT2D eigenvalue weighted by Crippen LogP contribution is 2.45. The van der Waals surface area contributed by atoms with Crippen molar-refractivity contribution >= 4 is 29.9 Å². The van der Waals surface area contributed by atoms with Gasteiger partial charge in [0.15, 0.2) is 5.96 Å². The summed E-state index contributed by atoms with van der Waals surface area (Å²) in [4.78, 5) is 9.66. The Hall–Kier alpha value is -0.820. The Kier molecular flexibility index (Phi) is 8.20. The van der Waals surface area contributed by atoms with E-state index in [-0.39, 0.29) is 24.0 Å². The quantitative estimate of drug-likeness (QED) is 0.400. The molecule has 0 atom stereocenters.